The number of aliphatic hydroxyl groups excluding tert-OH is 1. The molecule has 2 N–H and O–H groups in total. The average Bonchev–Trinajstić information content (AvgIpc) is 2.86. The van der Waals surface area contributed by atoms with Gasteiger partial charge in [0.1, 0.15) is 0 Å². The molecule has 1 aromatic rings. The van der Waals surface area contributed by atoms with Crippen molar-refractivity contribution in [1.29, 1.82) is 0 Å². The molecule has 0 aromatic heterocycles. The summed E-state index contributed by atoms with van der Waals surface area (Å²) < 4.78 is 0. The molecule has 0 bridgehead atoms. The number of benzene rings is 1. The van der Waals surface area contributed by atoms with E-state index in [4.69, 9.17) is 0 Å². The Morgan fingerprint density at radius 3 is 2.65 bits per heavy atom. The van der Waals surface area contributed by atoms with E-state index in [0.717, 1.165) is 30.6 Å². The first-order chi connectivity index (χ1) is 9.61. The van der Waals surface area contributed by atoms with E-state index in [1.54, 1.807) is 0 Å². The van der Waals surface area contributed by atoms with Crippen LogP contribution in [0.15, 0.2) is 29.2 Å². The van der Waals surface area contributed by atoms with E-state index < -0.39 is 6.10 Å². The van der Waals surface area contributed by atoms with Gasteiger partial charge in [0.25, 0.3) is 0 Å². The summed E-state index contributed by atoms with van der Waals surface area (Å²) in [7, 11) is 0. The Kier molecular flexibility index (Phi) is 5.49. The van der Waals surface area contributed by atoms with Crippen LogP contribution in [0.4, 0.5) is 0 Å². The smallest absolute Gasteiger partial charge is 0.226 e. The van der Waals surface area contributed by atoms with Crippen molar-refractivity contribution in [2.75, 3.05) is 5.75 Å². The molecule has 3 atom stereocenters. The van der Waals surface area contributed by atoms with Crippen molar-refractivity contribution < 1.29 is 9.90 Å². The molecule has 1 aliphatic rings. The highest BCUT2D eigenvalue weighted by molar-refractivity contribution is 7.99. The molecule has 3 nitrogen and oxygen atoms in total. The third-order valence-corrected chi connectivity index (χ3v) is 4.76. The Labute approximate surface area is 125 Å². The Morgan fingerprint density at radius 2 is 2.10 bits per heavy atom. The molecule has 1 aromatic carbocycles. The van der Waals surface area contributed by atoms with E-state index in [1.807, 2.05) is 18.7 Å². The van der Waals surface area contributed by atoms with Gasteiger partial charge in [0, 0.05) is 4.90 Å². The number of amides is 1. The predicted molar refractivity (Wildman–Crippen MR) is 82.7 cm³/mol. The average molecular weight is 293 g/mol. The lowest BCUT2D eigenvalue weighted by Crippen LogP contribution is -2.36. The SMILES string of the molecule is CCSc1ccc(C(C)NC(=O)C2CCCC2O)cc1. The zero-order valence-electron chi connectivity index (χ0n) is 12.1. The molecule has 0 heterocycles. The van der Waals surface area contributed by atoms with Gasteiger partial charge in [-0.25, -0.2) is 0 Å². The molecule has 110 valence electrons. The van der Waals surface area contributed by atoms with Crippen molar-refractivity contribution in [3.05, 3.63) is 29.8 Å². The van der Waals surface area contributed by atoms with Gasteiger partial charge in [-0.05, 0) is 49.6 Å². The van der Waals surface area contributed by atoms with Crippen molar-refractivity contribution in [1.82, 2.24) is 5.32 Å². The second-order valence-electron chi connectivity index (χ2n) is 5.34. The molecule has 1 fully saturated rings. The second-order valence-corrected chi connectivity index (χ2v) is 6.67. The van der Waals surface area contributed by atoms with Gasteiger partial charge in [0.15, 0.2) is 0 Å². The van der Waals surface area contributed by atoms with Gasteiger partial charge in [0.05, 0.1) is 18.1 Å². The fourth-order valence-electron chi connectivity index (χ4n) is 2.67. The molecule has 2 rings (SSSR count). The quantitative estimate of drug-likeness (QED) is 0.820. The van der Waals surface area contributed by atoms with Crippen molar-refractivity contribution in [3.63, 3.8) is 0 Å². The number of rotatable bonds is 5. The predicted octanol–water partition coefficient (Wildman–Crippen LogP) is 3.14. The standard InChI is InChI=1S/C16H23NO2S/c1-3-20-13-9-7-12(8-10-13)11(2)17-16(19)14-5-4-6-15(14)18/h7-11,14-15,18H,3-6H2,1-2H3,(H,17,19). The van der Waals surface area contributed by atoms with Crippen LogP contribution in [0.25, 0.3) is 0 Å². The lowest BCUT2D eigenvalue weighted by molar-refractivity contribution is -0.128. The summed E-state index contributed by atoms with van der Waals surface area (Å²) in [6.07, 6.45) is 2.02. The van der Waals surface area contributed by atoms with Crippen molar-refractivity contribution >= 4 is 17.7 Å². The van der Waals surface area contributed by atoms with E-state index >= 15 is 0 Å². The highest BCUT2D eigenvalue weighted by Gasteiger charge is 2.31. The molecule has 0 saturated heterocycles. The number of thioether (sulfide) groups is 1. The molecule has 1 saturated carbocycles. The Bertz CT molecular complexity index is 446. The van der Waals surface area contributed by atoms with Crippen LogP contribution in [0.2, 0.25) is 0 Å². The van der Waals surface area contributed by atoms with Crippen LogP contribution in [0.1, 0.15) is 44.7 Å². The molecule has 1 amide bonds. The van der Waals surface area contributed by atoms with E-state index in [1.165, 1.54) is 4.90 Å². The summed E-state index contributed by atoms with van der Waals surface area (Å²) >= 11 is 1.81. The summed E-state index contributed by atoms with van der Waals surface area (Å²) in [6.45, 7) is 4.12. The van der Waals surface area contributed by atoms with Gasteiger partial charge < -0.3 is 10.4 Å². The number of aliphatic hydroxyl groups is 1. The maximum absolute atomic E-state index is 12.1. The third-order valence-electron chi connectivity index (χ3n) is 3.87. The maximum Gasteiger partial charge on any atom is 0.226 e. The van der Waals surface area contributed by atoms with Crippen molar-refractivity contribution in [2.45, 2.75) is 50.2 Å². The third kappa shape index (κ3) is 3.76. The summed E-state index contributed by atoms with van der Waals surface area (Å²) in [5.74, 6) is 0.812. The number of carbonyl (C=O) groups is 1. The van der Waals surface area contributed by atoms with Crippen LogP contribution in [0.3, 0.4) is 0 Å². The fraction of sp³-hybridized carbons (Fsp3) is 0.562. The minimum Gasteiger partial charge on any atom is -0.392 e. The van der Waals surface area contributed by atoms with Crippen LogP contribution in [-0.4, -0.2) is 22.9 Å². The molecular formula is C16H23NO2S. The molecule has 1 aliphatic carbocycles. The molecule has 20 heavy (non-hydrogen) atoms. The van der Waals surface area contributed by atoms with Gasteiger partial charge >= 0.3 is 0 Å². The van der Waals surface area contributed by atoms with E-state index in [9.17, 15) is 9.90 Å². The van der Waals surface area contributed by atoms with Gasteiger partial charge in [-0.15, -0.1) is 11.8 Å². The number of carbonyl (C=O) groups excluding carboxylic acids is 1. The monoisotopic (exact) mass is 293 g/mol. The Balaban J connectivity index is 1.93. The normalized spacial score (nSPS) is 23.6. The largest absolute Gasteiger partial charge is 0.392 e. The lowest BCUT2D eigenvalue weighted by atomic mass is 10.0. The Hall–Kier alpha value is -1.00. The first-order valence-corrected chi connectivity index (χ1v) is 8.31. The highest BCUT2D eigenvalue weighted by atomic mass is 32.2. The van der Waals surface area contributed by atoms with Crippen LogP contribution in [-0.2, 0) is 4.79 Å². The van der Waals surface area contributed by atoms with E-state index in [2.05, 4.69) is 36.5 Å². The van der Waals surface area contributed by atoms with Crippen LogP contribution in [0, 0.1) is 5.92 Å². The van der Waals surface area contributed by atoms with Gasteiger partial charge in [-0.2, -0.15) is 0 Å². The van der Waals surface area contributed by atoms with Crippen LogP contribution >= 0.6 is 11.8 Å². The maximum atomic E-state index is 12.1. The minimum atomic E-state index is -0.467. The Morgan fingerprint density at radius 1 is 1.40 bits per heavy atom. The summed E-state index contributed by atoms with van der Waals surface area (Å²) in [4.78, 5) is 13.4. The zero-order chi connectivity index (χ0) is 14.5. The number of hydrogen-bond acceptors (Lipinski definition) is 3. The van der Waals surface area contributed by atoms with Crippen molar-refractivity contribution in [3.8, 4) is 0 Å². The molecule has 0 aliphatic heterocycles. The highest BCUT2D eigenvalue weighted by Crippen LogP contribution is 2.27. The number of nitrogens with one attached hydrogen (secondary N) is 1. The molecule has 0 spiro atoms. The number of hydrogen-bond donors (Lipinski definition) is 2. The zero-order valence-corrected chi connectivity index (χ0v) is 13.0. The topological polar surface area (TPSA) is 49.3 Å². The molecular weight excluding hydrogens is 270 g/mol. The first kappa shape index (κ1) is 15.4. The van der Waals surface area contributed by atoms with Crippen LogP contribution < -0.4 is 5.32 Å². The minimum absolute atomic E-state index is 0.0176. The van der Waals surface area contributed by atoms with Gasteiger partial charge in [-0.3, -0.25) is 4.79 Å². The summed E-state index contributed by atoms with van der Waals surface area (Å²) in [6, 6.07) is 8.30. The molecule has 3 unspecified atom stereocenters. The first-order valence-electron chi connectivity index (χ1n) is 7.33. The van der Waals surface area contributed by atoms with Crippen molar-refractivity contribution in [2.24, 2.45) is 5.92 Å². The lowest BCUT2D eigenvalue weighted by Gasteiger charge is -2.19. The molecule has 4 heteroatoms. The van der Waals surface area contributed by atoms with Crippen LogP contribution in [0.5, 0.6) is 0 Å². The van der Waals surface area contributed by atoms with Gasteiger partial charge in [0.2, 0.25) is 5.91 Å². The summed E-state index contributed by atoms with van der Waals surface area (Å²) in [5.41, 5.74) is 1.10. The molecule has 0 radical (unpaired) electrons. The summed E-state index contributed by atoms with van der Waals surface area (Å²) in [5, 5.41) is 12.8. The van der Waals surface area contributed by atoms with E-state index in [-0.39, 0.29) is 17.9 Å². The van der Waals surface area contributed by atoms with E-state index in [0.29, 0.717) is 0 Å². The fourth-order valence-corrected chi connectivity index (χ4v) is 3.33. The van der Waals surface area contributed by atoms with Gasteiger partial charge in [-0.1, -0.05) is 19.1 Å². The second kappa shape index (κ2) is 7.14.